The Balaban J connectivity index is 2.91. The first-order valence-corrected chi connectivity index (χ1v) is 4.61. The molecule has 0 saturated carbocycles. The van der Waals surface area contributed by atoms with E-state index in [1.54, 1.807) is 0 Å². The third-order valence-electron chi connectivity index (χ3n) is 2.08. The molecule has 0 heterocycles. The van der Waals surface area contributed by atoms with Crippen molar-refractivity contribution in [2.45, 2.75) is 27.2 Å². The van der Waals surface area contributed by atoms with Gasteiger partial charge in [0.25, 0.3) is 0 Å². The highest BCUT2D eigenvalue weighted by molar-refractivity contribution is 5.52. The molecular formula is C11H17N. The SMILES string of the molecule is CCNc1cc(CC)ccc1C. The van der Waals surface area contributed by atoms with E-state index < -0.39 is 0 Å². The third kappa shape index (κ3) is 2.00. The second kappa shape index (κ2) is 4.15. The van der Waals surface area contributed by atoms with Gasteiger partial charge in [-0.25, -0.2) is 0 Å². The van der Waals surface area contributed by atoms with Gasteiger partial charge in [0.15, 0.2) is 0 Å². The molecule has 1 rings (SSSR count). The zero-order valence-electron chi connectivity index (χ0n) is 8.15. The smallest absolute Gasteiger partial charge is 0.0372 e. The number of anilines is 1. The van der Waals surface area contributed by atoms with Crippen LogP contribution in [0.3, 0.4) is 0 Å². The highest BCUT2D eigenvalue weighted by Gasteiger charge is 1.96. The molecule has 0 saturated heterocycles. The van der Waals surface area contributed by atoms with Gasteiger partial charge in [-0.3, -0.25) is 0 Å². The predicted octanol–water partition coefficient (Wildman–Crippen LogP) is 2.99. The second-order valence-electron chi connectivity index (χ2n) is 3.03. The monoisotopic (exact) mass is 163 g/mol. The van der Waals surface area contributed by atoms with Crippen LogP contribution in [0.25, 0.3) is 0 Å². The van der Waals surface area contributed by atoms with Crippen molar-refractivity contribution in [1.82, 2.24) is 0 Å². The minimum Gasteiger partial charge on any atom is -0.385 e. The Hall–Kier alpha value is -0.980. The standard InChI is InChI=1S/C11H17N/c1-4-10-7-6-9(3)11(8-10)12-5-2/h6-8,12H,4-5H2,1-3H3. The second-order valence-corrected chi connectivity index (χ2v) is 3.03. The molecule has 0 unspecified atom stereocenters. The number of aryl methyl sites for hydroxylation is 2. The van der Waals surface area contributed by atoms with Crippen LogP contribution in [0.1, 0.15) is 25.0 Å². The maximum absolute atomic E-state index is 3.35. The molecule has 1 heteroatoms. The summed E-state index contributed by atoms with van der Waals surface area (Å²) in [4.78, 5) is 0. The van der Waals surface area contributed by atoms with Gasteiger partial charge in [-0.1, -0.05) is 19.1 Å². The van der Waals surface area contributed by atoms with Gasteiger partial charge in [0.2, 0.25) is 0 Å². The summed E-state index contributed by atoms with van der Waals surface area (Å²) in [6.45, 7) is 7.43. The van der Waals surface area contributed by atoms with Crippen LogP contribution in [-0.4, -0.2) is 6.54 Å². The summed E-state index contributed by atoms with van der Waals surface area (Å²) in [5.41, 5.74) is 4.00. The van der Waals surface area contributed by atoms with Crippen molar-refractivity contribution in [3.05, 3.63) is 29.3 Å². The largest absolute Gasteiger partial charge is 0.385 e. The number of nitrogens with one attached hydrogen (secondary N) is 1. The highest BCUT2D eigenvalue weighted by atomic mass is 14.9. The molecule has 0 spiro atoms. The van der Waals surface area contributed by atoms with Gasteiger partial charge in [0.05, 0.1) is 0 Å². The minimum atomic E-state index is 0.994. The van der Waals surface area contributed by atoms with E-state index >= 15 is 0 Å². The van der Waals surface area contributed by atoms with Crippen molar-refractivity contribution in [2.75, 3.05) is 11.9 Å². The first-order valence-electron chi connectivity index (χ1n) is 4.61. The molecule has 0 aliphatic rings. The molecule has 0 radical (unpaired) electrons. The summed E-state index contributed by atoms with van der Waals surface area (Å²) in [5, 5.41) is 3.35. The van der Waals surface area contributed by atoms with Gasteiger partial charge in [-0.15, -0.1) is 0 Å². The van der Waals surface area contributed by atoms with E-state index in [9.17, 15) is 0 Å². The van der Waals surface area contributed by atoms with Crippen LogP contribution >= 0.6 is 0 Å². The van der Waals surface area contributed by atoms with E-state index in [1.165, 1.54) is 16.8 Å². The zero-order valence-corrected chi connectivity index (χ0v) is 8.15. The van der Waals surface area contributed by atoms with Crippen molar-refractivity contribution in [2.24, 2.45) is 0 Å². The lowest BCUT2D eigenvalue weighted by Crippen LogP contribution is -1.99. The van der Waals surface area contributed by atoms with E-state index in [0.29, 0.717) is 0 Å². The lowest BCUT2D eigenvalue weighted by molar-refractivity contribution is 1.12. The molecule has 12 heavy (non-hydrogen) atoms. The maximum atomic E-state index is 3.35. The lowest BCUT2D eigenvalue weighted by Gasteiger charge is -2.08. The van der Waals surface area contributed by atoms with Crippen molar-refractivity contribution in [1.29, 1.82) is 0 Å². The van der Waals surface area contributed by atoms with Crippen molar-refractivity contribution >= 4 is 5.69 Å². The molecule has 1 aromatic rings. The third-order valence-corrected chi connectivity index (χ3v) is 2.08. The van der Waals surface area contributed by atoms with Gasteiger partial charge in [-0.05, 0) is 37.5 Å². The van der Waals surface area contributed by atoms with Crippen LogP contribution in [0.2, 0.25) is 0 Å². The predicted molar refractivity (Wildman–Crippen MR) is 54.7 cm³/mol. The topological polar surface area (TPSA) is 12.0 Å². The van der Waals surface area contributed by atoms with E-state index in [0.717, 1.165) is 13.0 Å². The fourth-order valence-electron chi connectivity index (χ4n) is 1.27. The van der Waals surface area contributed by atoms with Gasteiger partial charge in [0.1, 0.15) is 0 Å². The average Bonchev–Trinajstić information content (AvgIpc) is 2.09. The average molecular weight is 163 g/mol. The Labute approximate surface area is 74.8 Å². The lowest BCUT2D eigenvalue weighted by atomic mass is 10.1. The molecule has 66 valence electrons. The molecule has 0 amide bonds. The van der Waals surface area contributed by atoms with E-state index in [1.807, 2.05) is 0 Å². The summed E-state index contributed by atoms with van der Waals surface area (Å²) in [7, 11) is 0. The molecular weight excluding hydrogens is 146 g/mol. The Morgan fingerprint density at radius 3 is 2.58 bits per heavy atom. The van der Waals surface area contributed by atoms with E-state index in [2.05, 4.69) is 44.3 Å². The van der Waals surface area contributed by atoms with Gasteiger partial charge >= 0.3 is 0 Å². The van der Waals surface area contributed by atoms with Crippen molar-refractivity contribution in [3.8, 4) is 0 Å². The molecule has 0 bridgehead atoms. The van der Waals surface area contributed by atoms with Crippen LogP contribution in [0, 0.1) is 6.92 Å². The van der Waals surface area contributed by atoms with Crippen LogP contribution in [0.4, 0.5) is 5.69 Å². The first-order chi connectivity index (χ1) is 5.77. The van der Waals surface area contributed by atoms with Gasteiger partial charge in [0, 0.05) is 12.2 Å². The molecule has 0 aliphatic carbocycles. The number of hydrogen-bond donors (Lipinski definition) is 1. The molecule has 0 fully saturated rings. The molecule has 1 N–H and O–H groups in total. The van der Waals surface area contributed by atoms with Gasteiger partial charge < -0.3 is 5.32 Å². The molecule has 1 aromatic carbocycles. The molecule has 0 aliphatic heterocycles. The van der Waals surface area contributed by atoms with E-state index in [4.69, 9.17) is 0 Å². The quantitative estimate of drug-likeness (QED) is 0.722. The Kier molecular flexibility index (Phi) is 3.15. The Morgan fingerprint density at radius 1 is 1.25 bits per heavy atom. The molecule has 0 aromatic heterocycles. The fraction of sp³-hybridized carbons (Fsp3) is 0.455. The number of rotatable bonds is 3. The summed E-state index contributed by atoms with van der Waals surface area (Å²) in [6.07, 6.45) is 1.11. The number of benzene rings is 1. The van der Waals surface area contributed by atoms with Crippen molar-refractivity contribution < 1.29 is 0 Å². The van der Waals surface area contributed by atoms with Crippen LogP contribution in [0.5, 0.6) is 0 Å². The summed E-state index contributed by atoms with van der Waals surface area (Å²) >= 11 is 0. The highest BCUT2D eigenvalue weighted by Crippen LogP contribution is 2.16. The van der Waals surface area contributed by atoms with Crippen molar-refractivity contribution in [3.63, 3.8) is 0 Å². The minimum absolute atomic E-state index is 0.994. The van der Waals surface area contributed by atoms with Crippen LogP contribution in [0.15, 0.2) is 18.2 Å². The Morgan fingerprint density at radius 2 is 2.00 bits per heavy atom. The summed E-state index contributed by atoms with van der Waals surface area (Å²) in [5.74, 6) is 0. The first kappa shape index (κ1) is 9.11. The zero-order chi connectivity index (χ0) is 8.97. The normalized spacial score (nSPS) is 9.92. The Bertz CT molecular complexity index is 253. The maximum Gasteiger partial charge on any atom is 0.0372 e. The molecule has 0 atom stereocenters. The summed E-state index contributed by atoms with van der Waals surface area (Å²) < 4.78 is 0. The molecule has 1 nitrogen and oxygen atoms in total. The van der Waals surface area contributed by atoms with E-state index in [-0.39, 0.29) is 0 Å². The fourth-order valence-corrected chi connectivity index (χ4v) is 1.27. The van der Waals surface area contributed by atoms with Crippen LogP contribution < -0.4 is 5.32 Å². The summed E-state index contributed by atoms with van der Waals surface area (Å²) in [6, 6.07) is 6.60. The van der Waals surface area contributed by atoms with Gasteiger partial charge in [-0.2, -0.15) is 0 Å². The number of hydrogen-bond acceptors (Lipinski definition) is 1. The van der Waals surface area contributed by atoms with Crippen LogP contribution in [-0.2, 0) is 6.42 Å².